The molecular formula is C15H17F3N4O2. The lowest BCUT2D eigenvalue weighted by Gasteiger charge is -2.11. The Hall–Kier alpha value is -2.68. The Kier molecular flexibility index (Phi) is 6.66. The maximum Gasteiger partial charge on any atom is 0.490 e. The first-order valence-electron chi connectivity index (χ1n) is 6.74. The average molecular weight is 342 g/mol. The molecule has 3 N–H and O–H groups in total. The number of carboxylic acids is 1. The highest BCUT2D eigenvalue weighted by Crippen LogP contribution is 2.21. The minimum absolute atomic E-state index is 0.507. The topological polar surface area (TPSA) is 92.3 Å². The molecule has 0 aliphatic heterocycles. The van der Waals surface area contributed by atoms with E-state index >= 15 is 0 Å². The van der Waals surface area contributed by atoms with E-state index in [-0.39, 0.29) is 0 Å². The van der Waals surface area contributed by atoms with Gasteiger partial charge >= 0.3 is 12.1 Å². The first kappa shape index (κ1) is 19.4. The zero-order valence-electron chi connectivity index (χ0n) is 13.1. The van der Waals surface area contributed by atoms with Crippen LogP contribution in [0.1, 0.15) is 5.56 Å². The maximum absolute atomic E-state index is 10.6. The van der Waals surface area contributed by atoms with Crippen LogP contribution in [0.5, 0.6) is 0 Å². The second kappa shape index (κ2) is 8.25. The number of carboxylic acid groups (broad SMARTS) is 1. The number of hydrogen-bond acceptors (Lipinski definition) is 5. The van der Waals surface area contributed by atoms with Gasteiger partial charge in [-0.25, -0.2) is 9.78 Å². The smallest absolute Gasteiger partial charge is 0.475 e. The van der Waals surface area contributed by atoms with Crippen molar-refractivity contribution in [2.24, 2.45) is 5.73 Å². The second-order valence-electron chi connectivity index (χ2n) is 4.82. The van der Waals surface area contributed by atoms with Crippen molar-refractivity contribution < 1.29 is 23.1 Å². The van der Waals surface area contributed by atoms with E-state index in [9.17, 15) is 13.2 Å². The van der Waals surface area contributed by atoms with Crippen LogP contribution in [0, 0.1) is 0 Å². The van der Waals surface area contributed by atoms with Crippen molar-refractivity contribution in [1.82, 2.24) is 9.97 Å². The Bertz CT molecular complexity index is 673. The highest BCUT2D eigenvalue weighted by atomic mass is 19.4. The van der Waals surface area contributed by atoms with E-state index in [1.165, 1.54) is 0 Å². The fourth-order valence-electron chi connectivity index (χ4n) is 1.64. The molecule has 0 saturated carbocycles. The summed E-state index contributed by atoms with van der Waals surface area (Å²) in [5, 5.41) is 7.12. The summed E-state index contributed by atoms with van der Waals surface area (Å²) in [6, 6.07) is 7.99. The van der Waals surface area contributed by atoms with Crippen molar-refractivity contribution in [3.05, 3.63) is 42.2 Å². The molecule has 0 bridgehead atoms. The van der Waals surface area contributed by atoms with E-state index in [0.29, 0.717) is 6.54 Å². The minimum Gasteiger partial charge on any atom is -0.475 e. The standard InChI is InChI=1S/C13H16N4.C2HF3O2/c1-17(2)13-9-15-12(8-16-13)11-6-4-3-5-10(11)7-14;3-2(4,5)1(6)7/h3-6,8-9H,7,14H2,1-2H3;(H,6,7). The average Bonchev–Trinajstić information content (AvgIpc) is 2.54. The number of halogens is 3. The SMILES string of the molecule is CN(C)c1cnc(-c2ccccc2CN)cn1.O=C(O)C(F)(F)F. The van der Waals surface area contributed by atoms with Crippen LogP contribution in [0.25, 0.3) is 11.3 Å². The monoisotopic (exact) mass is 342 g/mol. The van der Waals surface area contributed by atoms with Crippen LogP contribution in [0.2, 0.25) is 0 Å². The molecule has 9 heteroatoms. The number of nitrogens with zero attached hydrogens (tertiary/aromatic N) is 3. The molecule has 6 nitrogen and oxygen atoms in total. The van der Waals surface area contributed by atoms with E-state index in [4.69, 9.17) is 15.6 Å². The molecule has 2 aromatic rings. The van der Waals surface area contributed by atoms with Crippen molar-refractivity contribution in [2.45, 2.75) is 12.7 Å². The van der Waals surface area contributed by atoms with Crippen molar-refractivity contribution in [3.8, 4) is 11.3 Å². The van der Waals surface area contributed by atoms with Crippen molar-refractivity contribution in [1.29, 1.82) is 0 Å². The van der Waals surface area contributed by atoms with Crippen LogP contribution in [0.3, 0.4) is 0 Å². The Morgan fingerprint density at radius 1 is 1.21 bits per heavy atom. The van der Waals surface area contributed by atoms with E-state index < -0.39 is 12.1 Å². The lowest BCUT2D eigenvalue weighted by atomic mass is 10.1. The zero-order chi connectivity index (χ0) is 18.3. The Labute approximate surface area is 136 Å². The van der Waals surface area contributed by atoms with Gasteiger partial charge in [0, 0.05) is 26.2 Å². The summed E-state index contributed by atoms with van der Waals surface area (Å²) in [5.74, 6) is -1.91. The van der Waals surface area contributed by atoms with Crippen LogP contribution in [0.4, 0.5) is 19.0 Å². The molecule has 0 saturated heterocycles. The van der Waals surface area contributed by atoms with Gasteiger partial charge in [-0.1, -0.05) is 24.3 Å². The quantitative estimate of drug-likeness (QED) is 0.889. The molecule has 1 heterocycles. The Morgan fingerprint density at radius 3 is 2.21 bits per heavy atom. The second-order valence-corrected chi connectivity index (χ2v) is 4.82. The van der Waals surface area contributed by atoms with Crippen molar-refractivity contribution in [2.75, 3.05) is 19.0 Å². The lowest BCUT2D eigenvalue weighted by molar-refractivity contribution is -0.192. The molecule has 0 amide bonds. The van der Waals surface area contributed by atoms with Gasteiger partial charge in [-0.15, -0.1) is 0 Å². The fourth-order valence-corrected chi connectivity index (χ4v) is 1.64. The summed E-state index contributed by atoms with van der Waals surface area (Å²) in [6.45, 7) is 0.507. The van der Waals surface area contributed by atoms with Gasteiger partial charge in [-0.3, -0.25) is 4.98 Å². The third kappa shape index (κ3) is 5.51. The van der Waals surface area contributed by atoms with Gasteiger partial charge in [-0.2, -0.15) is 13.2 Å². The highest BCUT2D eigenvalue weighted by molar-refractivity contribution is 5.73. The number of hydrogen-bond donors (Lipinski definition) is 2. The first-order valence-corrected chi connectivity index (χ1v) is 6.74. The lowest BCUT2D eigenvalue weighted by Crippen LogP contribution is -2.21. The van der Waals surface area contributed by atoms with E-state index in [2.05, 4.69) is 9.97 Å². The molecule has 1 aromatic carbocycles. The third-order valence-electron chi connectivity index (χ3n) is 2.85. The summed E-state index contributed by atoms with van der Waals surface area (Å²) in [6.07, 6.45) is -1.54. The van der Waals surface area contributed by atoms with Gasteiger partial charge in [0.15, 0.2) is 0 Å². The van der Waals surface area contributed by atoms with E-state index in [1.807, 2.05) is 43.3 Å². The number of carbonyl (C=O) groups is 1. The molecule has 24 heavy (non-hydrogen) atoms. The van der Waals surface area contributed by atoms with Crippen LogP contribution < -0.4 is 10.6 Å². The number of rotatable bonds is 3. The van der Waals surface area contributed by atoms with Crippen LogP contribution in [0.15, 0.2) is 36.7 Å². The molecular weight excluding hydrogens is 325 g/mol. The maximum atomic E-state index is 10.6. The number of aromatic nitrogens is 2. The van der Waals surface area contributed by atoms with E-state index in [1.54, 1.807) is 12.4 Å². The number of aliphatic carboxylic acids is 1. The molecule has 0 fully saturated rings. The molecule has 0 aliphatic rings. The predicted molar refractivity (Wildman–Crippen MR) is 83.4 cm³/mol. The number of nitrogens with two attached hydrogens (primary N) is 1. The summed E-state index contributed by atoms with van der Waals surface area (Å²) in [7, 11) is 3.88. The van der Waals surface area contributed by atoms with Crippen LogP contribution in [-0.2, 0) is 11.3 Å². The molecule has 0 unspecified atom stereocenters. The van der Waals surface area contributed by atoms with Gasteiger partial charge in [0.05, 0.1) is 18.1 Å². The Balaban J connectivity index is 0.000000351. The Morgan fingerprint density at radius 2 is 1.79 bits per heavy atom. The number of alkyl halides is 3. The molecule has 0 atom stereocenters. The van der Waals surface area contributed by atoms with Gasteiger partial charge in [0.25, 0.3) is 0 Å². The third-order valence-corrected chi connectivity index (χ3v) is 2.85. The fraction of sp³-hybridized carbons (Fsp3) is 0.267. The number of anilines is 1. The molecule has 1 aromatic heterocycles. The molecule has 0 spiro atoms. The van der Waals surface area contributed by atoms with Gasteiger partial charge in [0.1, 0.15) is 5.82 Å². The van der Waals surface area contributed by atoms with Gasteiger partial charge in [-0.05, 0) is 5.56 Å². The molecule has 0 radical (unpaired) electrons. The summed E-state index contributed by atoms with van der Waals surface area (Å²) < 4.78 is 31.7. The number of benzene rings is 1. The van der Waals surface area contributed by atoms with Crippen molar-refractivity contribution >= 4 is 11.8 Å². The minimum atomic E-state index is -5.08. The normalized spacial score (nSPS) is 10.6. The van der Waals surface area contributed by atoms with Crippen LogP contribution >= 0.6 is 0 Å². The molecule has 0 aliphatic carbocycles. The van der Waals surface area contributed by atoms with E-state index in [0.717, 1.165) is 22.6 Å². The van der Waals surface area contributed by atoms with Gasteiger partial charge in [0.2, 0.25) is 0 Å². The summed E-state index contributed by atoms with van der Waals surface area (Å²) in [5.41, 5.74) is 8.70. The highest BCUT2D eigenvalue weighted by Gasteiger charge is 2.38. The first-order chi connectivity index (χ1) is 11.2. The molecule has 2 rings (SSSR count). The predicted octanol–water partition coefficient (Wildman–Crippen LogP) is 2.30. The summed E-state index contributed by atoms with van der Waals surface area (Å²) in [4.78, 5) is 19.6. The van der Waals surface area contributed by atoms with Gasteiger partial charge < -0.3 is 15.7 Å². The zero-order valence-corrected chi connectivity index (χ0v) is 13.1. The largest absolute Gasteiger partial charge is 0.490 e. The molecule has 130 valence electrons. The summed E-state index contributed by atoms with van der Waals surface area (Å²) >= 11 is 0. The van der Waals surface area contributed by atoms with Crippen LogP contribution in [-0.4, -0.2) is 41.3 Å². The van der Waals surface area contributed by atoms with Crippen molar-refractivity contribution in [3.63, 3.8) is 0 Å².